The molecule has 134 valence electrons. The molecule has 6 heteroatoms. The first kappa shape index (κ1) is 26.1. The second kappa shape index (κ2) is 16.3. The quantitative estimate of drug-likeness (QED) is 0.272. The Bertz CT molecular complexity index is 347. The summed E-state index contributed by atoms with van der Waals surface area (Å²) in [6.07, 6.45) is 11.1. The Morgan fingerprint density at radius 2 is 1.22 bits per heavy atom. The standard InChI is InChI=1S/C17H36O4S.Na/c1-3-5-7-8-10-12-16(18)13-11-15-17(22(19,20)21)14-9-6-4-2;/h16-18H,3-15H2,1-2H3,(H,19,20,21);/q;+1/p-1. The van der Waals surface area contributed by atoms with E-state index in [4.69, 9.17) is 0 Å². The first-order valence-electron chi connectivity index (χ1n) is 9.04. The van der Waals surface area contributed by atoms with Gasteiger partial charge < -0.3 is 9.66 Å². The molecule has 4 nitrogen and oxygen atoms in total. The van der Waals surface area contributed by atoms with E-state index in [1.807, 2.05) is 0 Å². The van der Waals surface area contributed by atoms with Crippen LogP contribution < -0.4 is 29.6 Å². The molecule has 0 aromatic carbocycles. The Balaban J connectivity index is 0. The molecular weight excluding hydrogens is 323 g/mol. The molecule has 0 aliphatic heterocycles. The van der Waals surface area contributed by atoms with Gasteiger partial charge in [0.05, 0.1) is 16.2 Å². The molecule has 0 spiro atoms. The first-order valence-corrected chi connectivity index (χ1v) is 10.5. The fourth-order valence-electron chi connectivity index (χ4n) is 2.76. The van der Waals surface area contributed by atoms with Gasteiger partial charge in [-0.25, -0.2) is 8.42 Å². The maximum absolute atomic E-state index is 11.3. The van der Waals surface area contributed by atoms with Crippen LogP contribution in [0.2, 0.25) is 0 Å². The second-order valence-electron chi connectivity index (χ2n) is 6.40. The Hall–Kier alpha value is 0.870. The van der Waals surface area contributed by atoms with E-state index in [1.165, 1.54) is 19.3 Å². The molecule has 1 N–H and O–H groups in total. The van der Waals surface area contributed by atoms with Gasteiger partial charge in [-0.3, -0.25) is 0 Å². The first-order chi connectivity index (χ1) is 10.4. The molecule has 0 bridgehead atoms. The van der Waals surface area contributed by atoms with Crippen molar-refractivity contribution < 1.29 is 47.6 Å². The van der Waals surface area contributed by atoms with Crippen molar-refractivity contribution in [1.82, 2.24) is 0 Å². The molecule has 0 aliphatic carbocycles. The van der Waals surface area contributed by atoms with Crippen LogP contribution in [-0.2, 0) is 10.1 Å². The normalized spacial score (nSPS) is 14.3. The zero-order chi connectivity index (χ0) is 16.8. The van der Waals surface area contributed by atoms with Gasteiger partial charge in [0.25, 0.3) is 0 Å². The molecule has 0 heterocycles. The van der Waals surface area contributed by atoms with Gasteiger partial charge in [0.2, 0.25) is 0 Å². The van der Waals surface area contributed by atoms with Crippen molar-refractivity contribution in [2.75, 3.05) is 0 Å². The van der Waals surface area contributed by atoms with Gasteiger partial charge in [0.1, 0.15) is 0 Å². The molecule has 0 saturated heterocycles. The average molecular weight is 359 g/mol. The fraction of sp³-hybridized carbons (Fsp3) is 1.00. The number of rotatable bonds is 15. The monoisotopic (exact) mass is 358 g/mol. The molecule has 0 amide bonds. The minimum absolute atomic E-state index is 0. The number of hydrogen-bond donors (Lipinski definition) is 1. The van der Waals surface area contributed by atoms with Gasteiger partial charge >= 0.3 is 29.6 Å². The van der Waals surface area contributed by atoms with E-state index >= 15 is 0 Å². The molecular formula is C17H35NaO4S. The topological polar surface area (TPSA) is 77.4 Å². The summed E-state index contributed by atoms with van der Waals surface area (Å²) in [5.74, 6) is 0. The summed E-state index contributed by atoms with van der Waals surface area (Å²) in [5.41, 5.74) is 0. The third kappa shape index (κ3) is 16.1. The number of unbranched alkanes of at least 4 members (excludes halogenated alkanes) is 6. The zero-order valence-corrected chi connectivity index (χ0v) is 18.2. The van der Waals surface area contributed by atoms with E-state index in [0.29, 0.717) is 25.7 Å². The SMILES string of the molecule is CCCCCCCC(O)CCCC(CCCCC)S(=O)(=O)[O-].[Na+]. The van der Waals surface area contributed by atoms with Crippen LogP contribution in [0, 0.1) is 0 Å². The number of hydrogen-bond acceptors (Lipinski definition) is 4. The van der Waals surface area contributed by atoms with Crippen LogP contribution in [0.3, 0.4) is 0 Å². The summed E-state index contributed by atoms with van der Waals surface area (Å²) >= 11 is 0. The van der Waals surface area contributed by atoms with E-state index in [0.717, 1.165) is 38.5 Å². The fourth-order valence-corrected chi connectivity index (χ4v) is 3.67. The van der Waals surface area contributed by atoms with E-state index < -0.39 is 15.4 Å². The minimum Gasteiger partial charge on any atom is -0.748 e. The van der Waals surface area contributed by atoms with Crippen molar-refractivity contribution in [2.24, 2.45) is 0 Å². The number of aliphatic hydroxyl groups excluding tert-OH is 1. The van der Waals surface area contributed by atoms with Crippen molar-refractivity contribution in [3.05, 3.63) is 0 Å². The maximum Gasteiger partial charge on any atom is 1.00 e. The molecule has 0 rings (SSSR count). The van der Waals surface area contributed by atoms with Crippen molar-refractivity contribution in [1.29, 1.82) is 0 Å². The summed E-state index contributed by atoms with van der Waals surface area (Å²) in [5, 5.41) is 9.14. The molecule has 0 aromatic heterocycles. The van der Waals surface area contributed by atoms with E-state index in [2.05, 4.69) is 13.8 Å². The van der Waals surface area contributed by atoms with Gasteiger partial charge in [-0.2, -0.15) is 0 Å². The molecule has 0 aromatic rings. The van der Waals surface area contributed by atoms with Crippen molar-refractivity contribution in [2.45, 2.75) is 109 Å². The van der Waals surface area contributed by atoms with Gasteiger partial charge in [0, 0.05) is 5.25 Å². The Morgan fingerprint density at radius 3 is 1.78 bits per heavy atom. The zero-order valence-electron chi connectivity index (χ0n) is 15.4. The largest absolute Gasteiger partial charge is 1.00 e. The maximum atomic E-state index is 11.3. The third-order valence-electron chi connectivity index (χ3n) is 4.24. The summed E-state index contributed by atoms with van der Waals surface area (Å²) < 4.78 is 33.8. The smallest absolute Gasteiger partial charge is 0.748 e. The summed E-state index contributed by atoms with van der Waals surface area (Å²) in [4.78, 5) is 0. The minimum atomic E-state index is -4.20. The van der Waals surface area contributed by atoms with Crippen LogP contribution in [0.15, 0.2) is 0 Å². The van der Waals surface area contributed by atoms with Crippen molar-refractivity contribution in [3.8, 4) is 0 Å². The van der Waals surface area contributed by atoms with E-state index in [-0.39, 0.29) is 35.7 Å². The third-order valence-corrected chi connectivity index (χ3v) is 5.53. The molecule has 23 heavy (non-hydrogen) atoms. The Labute approximate surface area is 165 Å². The van der Waals surface area contributed by atoms with Crippen molar-refractivity contribution >= 4 is 10.1 Å². The van der Waals surface area contributed by atoms with Crippen LogP contribution in [0.25, 0.3) is 0 Å². The Morgan fingerprint density at radius 1 is 0.783 bits per heavy atom. The second-order valence-corrected chi connectivity index (χ2v) is 8.05. The van der Waals surface area contributed by atoms with E-state index in [9.17, 15) is 18.1 Å². The average Bonchev–Trinajstić information content (AvgIpc) is 2.44. The van der Waals surface area contributed by atoms with Gasteiger partial charge in [0.15, 0.2) is 0 Å². The molecule has 0 aliphatic rings. The van der Waals surface area contributed by atoms with Crippen LogP contribution in [-0.4, -0.2) is 29.4 Å². The molecule has 0 radical (unpaired) electrons. The van der Waals surface area contributed by atoms with Gasteiger partial charge in [-0.1, -0.05) is 65.2 Å². The van der Waals surface area contributed by atoms with E-state index in [1.54, 1.807) is 0 Å². The molecule has 0 saturated carbocycles. The van der Waals surface area contributed by atoms with Crippen LogP contribution in [0.4, 0.5) is 0 Å². The van der Waals surface area contributed by atoms with Crippen LogP contribution >= 0.6 is 0 Å². The Kier molecular flexibility index (Phi) is 18.5. The number of aliphatic hydroxyl groups is 1. The van der Waals surface area contributed by atoms with Crippen LogP contribution in [0.1, 0.15) is 97.3 Å². The molecule has 2 unspecified atom stereocenters. The van der Waals surface area contributed by atoms with Crippen molar-refractivity contribution in [3.63, 3.8) is 0 Å². The molecule has 2 atom stereocenters. The summed E-state index contributed by atoms with van der Waals surface area (Å²) in [7, 11) is -4.20. The van der Waals surface area contributed by atoms with Gasteiger partial charge in [-0.15, -0.1) is 0 Å². The predicted molar refractivity (Wildman–Crippen MR) is 90.9 cm³/mol. The summed E-state index contributed by atoms with van der Waals surface area (Å²) in [6.45, 7) is 4.23. The van der Waals surface area contributed by atoms with Crippen LogP contribution in [0.5, 0.6) is 0 Å². The van der Waals surface area contributed by atoms with Gasteiger partial charge in [-0.05, 0) is 32.1 Å². The summed E-state index contributed by atoms with van der Waals surface area (Å²) in [6, 6.07) is 0. The predicted octanol–water partition coefficient (Wildman–Crippen LogP) is 1.38. The molecule has 0 fully saturated rings.